The molecule has 2 unspecified atom stereocenters. The second-order valence-corrected chi connectivity index (χ2v) is 21.7. The molecule has 7 atom stereocenters. The van der Waals surface area contributed by atoms with E-state index in [0.29, 0.717) is 12.2 Å². The molecule has 1 aliphatic rings. The highest BCUT2D eigenvalue weighted by Crippen LogP contribution is 2.61. The van der Waals surface area contributed by atoms with Crippen LogP contribution in [0.25, 0.3) is 11.2 Å². The molecule has 0 aliphatic carbocycles. The number of amides is 2. The fourth-order valence-corrected chi connectivity index (χ4v) is 10.0. The number of aliphatic hydroxyl groups is 2. The average molecular weight is 1030 g/mol. The van der Waals surface area contributed by atoms with Crippen LogP contribution in [0.5, 0.6) is 0 Å². The van der Waals surface area contributed by atoms with E-state index in [4.69, 9.17) is 19.5 Å². The number of ether oxygens (including phenoxy) is 1. The summed E-state index contributed by atoms with van der Waals surface area (Å²) in [6, 6.07) is 0. The van der Waals surface area contributed by atoms with E-state index >= 15 is 0 Å². The summed E-state index contributed by atoms with van der Waals surface area (Å²) in [5.74, 6) is -1.04. The predicted octanol–water partition coefficient (Wildman–Crippen LogP) is 4.48. The highest BCUT2D eigenvalue weighted by atomic mass is 32.2. The molecule has 0 radical (unpaired) electrons. The maximum absolute atomic E-state index is 12.7. The van der Waals surface area contributed by atoms with E-state index in [2.05, 4.69) is 65.6 Å². The molecule has 3 heterocycles. The number of imidazole rings is 1. The molecule has 3 rings (SSSR count). The van der Waals surface area contributed by atoms with Crippen molar-refractivity contribution in [2.45, 2.75) is 135 Å². The molecule has 1 aliphatic heterocycles. The van der Waals surface area contributed by atoms with Crippen LogP contribution in [0.1, 0.15) is 110 Å². The molecule has 28 heteroatoms. The number of nitrogens with zero attached hydrogens (tertiary/aromatic N) is 4. The molecule has 10 N–H and O–H groups in total. The van der Waals surface area contributed by atoms with Crippen LogP contribution >= 0.6 is 35.2 Å². The Morgan fingerprint density at radius 3 is 2.22 bits per heavy atom. The summed E-state index contributed by atoms with van der Waals surface area (Å²) in [6.07, 6.45) is 14.5. The summed E-state index contributed by atoms with van der Waals surface area (Å²) in [5.41, 5.74) is 4.28. The van der Waals surface area contributed by atoms with Gasteiger partial charge < -0.3 is 50.9 Å². The van der Waals surface area contributed by atoms with Gasteiger partial charge in [-0.3, -0.25) is 32.5 Å². The number of unbranched alkanes of at least 4 members (excludes halogenated alkanes) is 9. The fraction of sp³-hybridized carbons (Fsp3) is 0.692. The zero-order valence-corrected chi connectivity index (χ0v) is 41.4. The molecule has 1 fully saturated rings. The van der Waals surface area contributed by atoms with Gasteiger partial charge in [-0.05, 0) is 25.7 Å². The molecular weight excluding hydrogens is 963 g/mol. The third-order valence-corrected chi connectivity index (χ3v) is 14.2. The van der Waals surface area contributed by atoms with Crippen molar-refractivity contribution in [2.75, 3.05) is 37.8 Å². The smallest absolute Gasteiger partial charge is 0.386 e. The van der Waals surface area contributed by atoms with E-state index < -0.39 is 84.6 Å². The number of rotatable bonds is 33. The first-order valence-corrected chi connectivity index (χ1v) is 27.4. The number of nitrogens with one attached hydrogen (secondary N) is 2. The van der Waals surface area contributed by atoms with Crippen molar-refractivity contribution < 1.29 is 80.5 Å². The van der Waals surface area contributed by atoms with Crippen LogP contribution < -0.4 is 16.4 Å². The van der Waals surface area contributed by atoms with Crippen LogP contribution in [0, 0.1) is 5.41 Å². The Morgan fingerprint density at radius 1 is 0.910 bits per heavy atom. The van der Waals surface area contributed by atoms with Gasteiger partial charge in [0.25, 0.3) is 0 Å². The largest absolute Gasteiger partial charge is 0.481 e. The maximum atomic E-state index is 12.7. The van der Waals surface area contributed by atoms with Crippen LogP contribution in [0.3, 0.4) is 0 Å². The minimum absolute atomic E-state index is 0.0324. The number of nitrogen functional groups attached to an aromatic ring is 1. The van der Waals surface area contributed by atoms with Gasteiger partial charge in [0.05, 0.1) is 19.5 Å². The van der Waals surface area contributed by atoms with Crippen LogP contribution in [0.2, 0.25) is 0 Å². The molecule has 24 nitrogen and oxygen atoms in total. The monoisotopic (exact) mass is 1030 g/mol. The Balaban J connectivity index is 1.31. The second kappa shape index (κ2) is 28.6. The molecule has 2 aromatic rings. The maximum Gasteiger partial charge on any atom is 0.481 e. The molecule has 380 valence electrons. The molecule has 1 saturated heterocycles. The van der Waals surface area contributed by atoms with Crippen LogP contribution in [0.4, 0.5) is 5.82 Å². The Morgan fingerprint density at radius 2 is 1.55 bits per heavy atom. The molecule has 2 aromatic heterocycles. The average Bonchev–Trinajstić information content (AvgIpc) is 3.81. The second-order valence-electron chi connectivity index (χ2n) is 16.3. The molecule has 67 heavy (non-hydrogen) atoms. The first-order chi connectivity index (χ1) is 31.6. The summed E-state index contributed by atoms with van der Waals surface area (Å²) in [5, 5.41) is 26.6. The number of allylic oxidation sites excluding steroid dienone is 4. The summed E-state index contributed by atoms with van der Waals surface area (Å²) >= 11 is 1.15. The van der Waals surface area contributed by atoms with Gasteiger partial charge in [-0.2, -0.15) is 4.31 Å². The van der Waals surface area contributed by atoms with Crippen LogP contribution in [0.15, 0.2) is 37.0 Å². The van der Waals surface area contributed by atoms with E-state index in [1.807, 2.05) is 0 Å². The minimum atomic E-state index is -5.58. The Labute approximate surface area is 393 Å². The number of carbonyl (C=O) groups excluding carboxylic acids is 3. The SMILES string of the molecule is CCCC/C=C\C=C\CCCCCCCCCC(=O)SCCNC(=O)CCNC(=O)[C@H](O)C(C)(C)COP(=O)(O)OP(=O)(O)OC[C@H]1O[C@@H](n2cnc3c(N)ncnc32)[C@H](O)[C@@H]1OP(=O)(O)O. The van der Waals surface area contributed by atoms with Crippen molar-refractivity contribution in [1.82, 2.24) is 30.2 Å². The Kier molecular flexibility index (Phi) is 24.9. The number of anilines is 1. The third-order valence-electron chi connectivity index (χ3n) is 10.1. The van der Waals surface area contributed by atoms with Crippen molar-refractivity contribution in [3.05, 3.63) is 37.0 Å². The van der Waals surface area contributed by atoms with Crippen molar-refractivity contribution in [2.24, 2.45) is 5.41 Å². The van der Waals surface area contributed by atoms with Gasteiger partial charge in [0.1, 0.15) is 36.3 Å². The molecule has 0 aromatic carbocycles. The van der Waals surface area contributed by atoms with Gasteiger partial charge in [0.15, 0.2) is 22.8 Å². The number of phosphoric acid groups is 3. The number of carbonyl (C=O) groups is 3. The quantitative estimate of drug-likeness (QED) is 0.0270. The van der Waals surface area contributed by atoms with E-state index in [1.165, 1.54) is 46.0 Å². The number of aliphatic hydroxyl groups excluding tert-OH is 2. The summed E-state index contributed by atoms with van der Waals surface area (Å²) in [6.45, 7) is 2.75. The number of nitrogens with two attached hydrogens (primary N) is 1. The number of hydrogen-bond acceptors (Lipinski definition) is 18. The predicted molar refractivity (Wildman–Crippen MR) is 246 cm³/mol. The lowest BCUT2D eigenvalue weighted by Gasteiger charge is -2.30. The normalized spacial score (nSPS) is 20.3. The third kappa shape index (κ3) is 21.7. The van der Waals surface area contributed by atoms with Crippen LogP contribution in [-0.2, 0) is 50.7 Å². The highest BCUT2D eigenvalue weighted by Gasteiger charge is 2.50. The zero-order chi connectivity index (χ0) is 49.7. The topological polar surface area (TPSA) is 364 Å². The van der Waals surface area contributed by atoms with Crippen molar-refractivity contribution in [3.63, 3.8) is 0 Å². The molecule has 0 bridgehead atoms. The first kappa shape index (κ1) is 58.4. The zero-order valence-electron chi connectivity index (χ0n) is 37.9. The lowest BCUT2D eigenvalue weighted by atomic mass is 9.87. The summed E-state index contributed by atoms with van der Waals surface area (Å²) < 4.78 is 62.4. The molecule has 0 spiro atoms. The standard InChI is InChI=1S/C39H66N7O17P3S/c1-4-5-6-7-8-9-10-11-12-13-14-15-16-17-18-19-30(48)67-23-22-41-29(47)20-21-42-37(51)34(50)39(2,3)25-60-66(57,58)63-65(55,56)59-24-28-33(62-64(52,53)54)32(49)38(61-28)46-27-45-31-35(40)43-26-44-36(31)46/h7-10,26-28,32-34,38,49-50H,4-6,11-25H2,1-3H3,(H,41,47)(H,42,51)(H,55,56)(H,57,58)(H2,40,43,44)(H2,52,53,54)/b8-7-,10-9+/t28-,32-,33-,34+,38-/m1/s1. The molecule has 2 amide bonds. The Hall–Kier alpha value is -2.96. The number of fused-ring (bicyclic) bond motifs is 1. The number of phosphoric ester groups is 3. The van der Waals surface area contributed by atoms with E-state index in [-0.39, 0.29) is 41.6 Å². The lowest BCUT2D eigenvalue weighted by Crippen LogP contribution is -2.46. The Bertz CT molecular complexity index is 2090. The van der Waals surface area contributed by atoms with E-state index in [9.17, 15) is 57.9 Å². The van der Waals surface area contributed by atoms with E-state index in [1.54, 1.807) is 0 Å². The number of aromatic nitrogens is 4. The van der Waals surface area contributed by atoms with Crippen LogP contribution in [-0.4, -0.2) is 123 Å². The van der Waals surface area contributed by atoms with Crippen molar-refractivity contribution in [1.29, 1.82) is 0 Å². The first-order valence-electron chi connectivity index (χ1n) is 21.9. The van der Waals surface area contributed by atoms with Crippen molar-refractivity contribution >= 4 is 69.1 Å². The van der Waals surface area contributed by atoms with Gasteiger partial charge >= 0.3 is 23.5 Å². The van der Waals surface area contributed by atoms with Gasteiger partial charge in [-0.15, -0.1) is 0 Å². The van der Waals surface area contributed by atoms with Crippen molar-refractivity contribution in [3.8, 4) is 0 Å². The summed E-state index contributed by atoms with van der Waals surface area (Å²) in [7, 11) is -16.4. The van der Waals surface area contributed by atoms with E-state index in [0.717, 1.165) is 67.5 Å². The highest BCUT2D eigenvalue weighted by molar-refractivity contribution is 8.13. The lowest BCUT2D eigenvalue weighted by molar-refractivity contribution is -0.137. The molecular formula is C39H66N7O17P3S. The van der Waals surface area contributed by atoms with Gasteiger partial charge in [0, 0.05) is 37.1 Å². The summed E-state index contributed by atoms with van der Waals surface area (Å²) in [4.78, 5) is 88.3. The fourth-order valence-electron chi connectivity index (χ4n) is 6.45. The molecule has 0 saturated carbocycles. The van der Waals surface area contributed by atoms with Gasteiger partial charge in [0.2, 0.25) is 11.8 Å². The number of thioether (sulfide) groups is 1. The minimum Gasteiger partial charge on any atom is -0.386 e. The van der Waals surface area contributed by atoms with Gasteiger partial charge in [-0.1, -0.05) is 102 Å². The van der Waals surface area contributed by atoms with Gasteiger partial charge in [-0.25, -0.2) is 28.6 Å². The number of hydrogen-bond donors (Lipinski definition) is 9.